The molecule has 0 aliphatic heterocycles. The number of carbonyl (C=O) groups excluding carboxylic acids is 1. The van der Waals surface area contributed by atoms with Gasteiger partial charge in [0.2, 0.25) is 0 Å². The number of carbonyl (C=O) groups is 1. The maximum Gasteiger partial charge on any atom is 0.182 e. The van der Waals surface area contributed by atoms with Crippen molar-refractivity contribution in [1.82, 2.24) is 0 Å². The van der Waals surface area contributed by atoms with Gasteiger partial charge in [0.25, 0.3) is 0 Å². The average molecular weight is 288 g/mol. The molecule has 0 bridgehead atoms. The molecule has 0 fully saturated rings. The molecule has 0 radical (unpaired) electrons. The van der Waals surface area contributed by atoms with Gasteiger partial charge >= 0.3 is 0 Å². The van der Waals surface area contributed by atoms with E-state index in [2.05, 4.69) is 0 Å². The summed E-state index contributed by atoms with van der Waals surface area (Å²) in [6.07, 6.45) is 7.64. The van der Waals surface area contributed by atoms with Crippen molar-refractivity contribution in [3.63, 3.8) is 0 Å². The molecule has 96 valence electrons. The molecule has 2 heterocycles. The predicted octanol–water partition coefficient (Wildman–Crippen LogP) is 4.55. The second-order valence-corrected chi connectivity index (χ2v) is 5.31. The normalized spacial score (nSPS) is 12.5. The molecule has 0 atom stereocenters. The van der Waals surface area contributed by atoms with Crippen molar-refractivity contribution in [1.29, 1.82) is 0 Å². The van der Waals surface area contributed by atoms with E-state index in [0.29, 0.717) is 0 Å². The zero-order chi connectivity index (χ0) is 13.5. The summed E-state index contributed by atoms with van der Waals surface area (Å²) in [6.45, 7) is 0. The van der Waals surface area contributed by atoms with E-state index < -0.39 is 0 Å². The summed E-state index contributed by atoms with van der Waals surface area (Å²) in [5.41, 5.74) is 1.99. The lowest BCUT2D eigenvalue weighted by Crippen LogP contribution is -1.88. The molecule has 2 rings (SSSR count). The van der Waals surface area contributed by atoms with Crippen molar-refractivity contribution in [2.75, 3.05) is 0 Å². The van der Waals surface area contributed by atoms with Crippen LogP contribution >= 0.6 is 22.7 Å². The number of rotatable bonds is 5. The highest BCUT2D eigenvalue weighted by molar-refractivity contribution is 7.08. The van der Waals surface area contributed by atoms with Gasteiger partial charge in [-0.2, -0.15) is 22.7 Å². The van der Waals surface area contributed by atoms with E-state index in [-0.39, 0.29) is 11.5 Å². The van der Waals surface area contributed by atoms with Crippen molar-refractivity contribution in [2.24, 2.45) is 0 Å². The van der Waals surface area contributed by atoms with Gasteiger partial charge in [-0.3, -0.25) is 4.79 Å². The Bertz CT molecular complexity index is 603. The third-order valence-electron chi connectivity index (χ3n) is 2.26. The Morgan fingerprint density at radius 1 is 1.00 bits per heavy atom. The number of hydrogen-bond donors (Lipinski definition) is 1. The summed E-state index contributed by atoms with van der Waals surface area (Å²) in [7, 11) is 0. The Morgan fingerprint density at radius 3 is 2.11 bits per heavy atom. The lowest BCUT2D eigenvalue weighted by atomic mass is 10.2. The fourth-order valence-corrected chi connectivity index (χ4v) is 2.60. The van der Waals surface area contributed by atoms with Crippen LogP contribution in [0.2, 0.25) is 0 Å². The number of ketones is 1. The van der Waals surface area contributed by atoms with Gasteiger partial charge in [0.15, 0.2) is 5.78 Å². The van der Waals surface area contributed by atoms with E-state index in [1.54, 1.807) is 34.8 Å². The molecule has 1 N–H and O–H groups in total. The van der Waals surface area contributed by atoms with Crippen LogP contribution in [0.25, 0.3) is 12.2 Å². The van der Waals surface area contributed by atoms with Gasteiger partial charge in [0.1, 0.15) is 5.76 Å². The summed E-state index contributed by atoms with van der Waals surface area (Å²) in [5.74, 6) is -0.287. The van der Waals surface area contributed by atoms with Crippen molar-refractivity contribution >= 4 is 40.6 Å². The molecule has 0 aliphatic carbocycles. The fourth-order valence-electron chi connectivity index (χ4n) is 1.34. The highest BCUT2D eigenvalue weighted by atomic mass is 32.1. The SMILES string of the molecule is O=C(/C=C(O)/C=C/c1ccsc1)/C=C/c1ccsc1. The first-order valence-corrected chi connectivity index (χ1v) is 7.48. The number of aliphatic hydroxyl groups excluding tert-OH is 1. The van der Waals surface area contributed by atoms with E-state index in [1.807, 2.05) is 33.7 Å². The van der Waals surface area contributed by atoms with Crippen LogP contribution in [0.4, 0.5) is 0 Å². The minimum atomic E-state index is -0.237. The Morgan fingerprint density at radius 2 is 1.58 bits per heavy atom. The Labute approximate surface area is 119 Å². The van der Waals surface area contributed by atoms with Crippen LogP contribution in [-0.2, 0) is 4.79 Å². The minimum Gasteiger partial charge on any atom is -0.508 e. The molecule has 0 amide bonds. The second-order valence-electron chi connectivity index (χ2n) is 3.75. The maximum absolute atomic E-state index is 11.6. The maximum atomic E-state index is 11.6. The first-order chi connectivity index (χ1) is 9.24. The second kappa shape index (κ2) is 6.87. The first-order valence-electron chi connectivity index (χ1n) is 5.59. The van der Waals surface area contributed by atoms with Gasteiger partial charge in [0.05, 0.1) is 0 Å². The van der Waals surface area contributed by atoms with Crippen molar-refractivity contribution < 1.29 is 9.90 Å². The number of aliphatic hydroxyl groups is 1. The standard InChI is InChI=1S/C15H12O2S2/c16-14(3-1-12-5-7-18-10-12)9-15(17)4-2-13-6-8-19-11-13/h1-11,16H/b3-1+,4-2+,14-9-. The molecule has 19 heavy (non-hydrogen) atoms. The van der Waals surface area contributed by atoms with Crippen LogP contribution in [0.15, 0.2) is 57.6 Å². The van der Waals surface area contributed by atoms with Gasteiger partial charge in [-0.15, -0.1) is 0 Å². The summed E-state index contributed by atoms with van der Waals surface area (Å²) < 4.78 is 0. The summed E-state index contributed by atoms with van der Waals surface area (Å²) in [6, 6.07) is 3.86. The lowest BCUT2D eigenvalue weighted by Gasteiger charge is -1.89. The topological polar surface area (TPSA) is 37.3 Å². The molecule has 4 heteroatoms. The molecular weight excluding hydrogens is 276 g/mol. The molecule has 0 aliphatic rings. The van der Waals surface area contributed by atoms with Crippen LogP contribution in [-0.4, -0.2) is 10.9 Å². The third-order valence-corrected chi connectivity index (χ3v) is 3.67. The molecule has 0 aromatic carbocycles. The molecule has 0 unspecified atom stereocenters. The summed E-state index contributed by atoms with van der Waals surface area (Å²) in [4.78, 5) is 11.6. The van der Waals surface area contributed by atoms with Crippen molar-refractivity contribution in [3.8, 4) is 0 Å². The lowest BCUT2D eigenvalue weighted by molar-refractivity contribution is -0.110. The third kappa shape index (κ3) is 4.69. The smallest absolute Gasteiger partial charge is 0.182 e. The van der Waals surface area contributed by atoms with Crippen LogP contribution in [0.5, 0.6) is 0 Å². The van der Waals surface area contributed by atoms with E-state index >= 15 is 0 Å². The van der Waals surface area contributed by atoms with Crippen LogP contribution in [0.1, 0.15) is 11.1 Å². The van der Waals surface area contributed by atoms with Gasteiger partial charge in [0, 0.05) is 6.08 Å². The van der Waals surface area contributed by atoms with E-state index in [4.69, 9.17) is 0 Å². The molecule has 2 aromatic rings. The van der Waals surface area contributed by atoms with Crippen molar-refractivity contribution in [3.05, 3.63) is 68.8 Å². The predicted molar refractivity (Wildman–Crippen MR) is 82.4 cm³/mol. The molecule has 2 aromatic heterocycles. The van der Waals surface area contributed by atoms with Crippen LogP contribution in [0.3, 0.4) is 0 Å². The highest BCUT2D eigenvalue weighted by Crippen LogP contribution is 2.10. The van der Waals surface area contributed by atoms with E-state index in [0.717, 1.165) is 11.1 Å². The van der Waals surface area contributed by atoms with Gasteiger partial charge in [-0.25, -0.2) is 0 Å². The monoisotopic (exact) mass is 288 g/mol. The van der Waals surface area contributed by atoms with Gasteiger partial charge in [-0.1, -0.05) is 12.2 Å². The fraction of sp³-hybridized carbons (Fsp3) is 0. The zero-order valence-electron chi connectivity index (χ0n) is 10.0. The quantitative estimate of drug-likeness (QED) is 0.498. The van der Waals surface area contributed by atoms with E-state index in [1.165, 1.54) is 18.2 Å². The number of hydrogen-bond acceptors (Lipinski definition) is 4. The summed E-state index contributed by atoms with van der Waals surface area (Å²) >= 11 is 3.16. The minimum absolute atomic E-state index is 0.0498. The van der Waals surface area contributed by atoms with Crippen molar-refractivity contribution in [2.45, 2.75) is 0 Å². The van der Waals surface area contributed by atoms with Gasteiger partial charge < -0.3 is 5.11 Å². The molecule has 0 saturated carbocycles. The Kier molecular flexibility index (Phi) is 4.89. The largest absolute Gasteiger partial charge is 0.508 e. The number of allylic oxidation sites excluding steroid dienone is 3. The highest BCUT2D eigenvalue weighted by Gasteiger charge is 1.95. The molecule has 0 saturated heterocycles. The van der Waals surface area contributed by atoms with Gasteiger partial charge in [-0.05, 0) is 56.9 Å². The Hall–Kier alpha value is -1.91. The summed E-state index contributed by atoms with van der Waals surface area (Å²) in [5, 5.41) is 17.4. The zero-order valence-corrected chi connectivity index (χ0v) is 11.7. The Balaban J connectivity index is 1.94. The number of thiophene rings is 2. The molecule has 0 spiro atoms. The molecular formula is C15H12O2S2. The molecule has 2 nitrogen and oxygen atoms in total. The van der Waals surface area contributed by atoms with E-state index in [9.17, 15) is 9.90 Å². The average Bonchev–Trinajstić information content (AvgIpc) is 3.07. The first kappa shape index (κ1) is 13.5. The van der Waals surface area contributed by atoms with Crippen LogP contribution < -0.4 is 0 Å². The van der Waals surface area contributed by atoms with Crippen LogP contribution in [0, 0.1) is 0 Å².